The van der Waals surface area contributed by atoms with Crippen LogP contribution in [0.5, 0.6) is 0 Å². The monoisotopic (exact) mass is 297 g/mol. The predicted molar refractivity (Wildman–Crippen MR) is 74.8 cm³/mol. The first kappa shape index (κ1) is 15.6. The minimum atomic E-state index is -4.31. The Morgan fingerprint density at radius 3 is 2.67 bits per heavy atom. The quantitative estimate of drug-likeness (QED) is 0.917. The van der Waals surface area contributed by atoms with Crippen LogP contribution in [0.25, 0.3) is 0 Å². The van der Waals surface area contributed by atoms with Gasteiger partial charge in [-0.3, -0.25) is 0 Å². The summed E-state index contributed by atoms with van der Waals surface area (Å²) in [5.41, 5.74) is 0.0266. The molecule has 0 aliphatic rings. The molecule has 2 rings (SSSR count). The molecule has 1 unspecified atom stereocenters. The Morgan fingerprint density at radius 2 is 2.10 bits per heavy atom. The molecule has 3 nitrogen and oxygen atoms in total. The number of aromatic nitrogens is 2. The minimum absolute atomic E-state index is 0.135. The van der Waals surface area contributed by atoms with Gasteiger partial charge in [-0.1, -0.05) is 12.1 Å². The summed E-state index contributed by atoms with van der Waals surface area (Å²) in [6.45, 7) is 0. The molecule has 0 spiro atoms. The molecule has 1 N–H and O–H groups in total. The van der Waals surface area contributed by atoms with E-state index in [1.54, 1.807) is 19.3 Å². The zero-order valence-corrected chi connectivity index (χ0v) is 12.0. The molecular formula is C15H18F3N3. The molecule has 1 atom stereocenters. The van der Waals surface area contributed by atoms with Gasteiger partial charge < -0.3 is 9.88 Å². The van der Waals surface area contributed by atoms with Crippen molar-refractivity contribution in [3.63, 3.8) is 0 Å². The van der Waals surface area contributed by atoms with E-state index in [0.29, 0.717) is 18.4 Å². The molecule has 0 bridgehead atoms. The summed E-state index contributed by atoms with van der Waals surface area (Å²) in [5.74, 6) is 0.919. The Kier molecular flexibility index (Phi) is 4.67. The highest BCUT2D eigenvalue weighted by Gasteiger charge is 2.30. The molecular weight excluding hydrogens is 279 g/mol. The second-order valence-electron chi connectivity index (χ2n) is 4.96. The molecule has 6 heteroatoms. The highest BCUT2D eigenvalue weighted by Crippen LogP contribution is 2.31. The van der Waals surface area contributed by atoms with Crippen LogP contribution >= 0.6 is 0 Å². The Labute approximate surface area is 121 Å². The Balaban J connectivity index is 2.12. The lowest BCUT2D eigenvalue weighted by Crippen LogP contribution is -2.18. The number of hydrogen-bond donors (Lipinski definition) is 1. The van der Waals surface area contributed by atoms with E-state index < -0.39 is 11.7 Å². The number of nitrogens with one attached hydrogen (secondary N) is 1. The fourth-order valence-electron chi connectivity index (χ4n) is 2.32. The Bertz CT molecular complexity index is 590. The van der Waals surface area contributed by atoms with Crippen molar-refractivity contribution in [3.05, 3.63) is 53.6 Å². The molecule has 0 aliphatic carbocycles. The van der Waals surface area contributed by atoms with Crippen molar-refractivity contribution in [3.8, 4) is 0 Å². The lowest BCUT2D eigenvalue weighted by atomic mass is 9.99. The molecule has 114 valence electrons. The molecule has 2 aromatic rings. The smallest absolute Gasteiger partial charge is 0.338 e. The van der Waals surface area contributed by atoms with Crippen molar-refractivity contribution in [1.29, 1.82) is 0 Å². The second-order valence-corrected chi connectivity index (χ2v) is 4.96. The second kappa shape index (κ2) is 6.30. The summed E-state index contributed by atoms with van der Waals surface area (Å²) >= 11 is 0. The van der Waals surface area contributed by atoms with Gasteiger partial charge in [0.05, 0.1) is 5.56 Å². The van der Waals surface area contributed by atoms with E-state index in [-0.39, 0.29) is 6.04 Å². The van der Waals surface area contributed by atoms with Crippen molar-refractivity contribution in [2.75, 3.05) is 7.05 Å². The average molecular weight is 297 g/mol. The van der Waals surface area contributed by atoms with E-state index in [4.69, 9.17) is 0 Å². The van der Waals surface area contributed by atoms with Crippen molar-refractivity contribution >= 4 is 0 Å². The van der Waals surface area contributed by atoms with Crippen LogP contribution in [0.1, 0.15) is 29.4 Å². The number of rotatable bonds is 5. The maximum Gasteiger partial charge on any atom is 0.416 e. The van der Waals surface area contributed by atoms with Gasteiger partial charge in [0, 0.05) is 31.9 Å². The van der Waals surface area contributed by atoms with Gasteiger partial charge >= 0.3 is 6.18 Å². The fraction of sp³-hybridized carbons (Fsp3) is 0.400. The van der Waals surface area contributed by atoms with Gasteiger partial charge in [-0.15, -0.1) is 0 Å². The molecule has 0 amide bonds. The third-order valence-electron chi connectivity index (χ3n) is 3.54. The Morgan fingerprint density at radius 1 is 1.33 bits per heavy atom. The van der Waals surface area contributed by atoms with E-state index in [0.717, 1.165) is 11.9 Å². The van der Waals surface area contributed by atoms with Crippen LogP contribution in [-0.2, 0) is 19.6 Å². The van der Waals surface area contributed by atoms with Gasteiger partial charge in [0.2, 0.25) is 0 Å². The molecule has 0 fully saturated rings. The summed E-state index contributed by atoms with van der Waals surface area (Å²) in [6, 6.07) is 5.33. The normalized spacial score (nSPS) is 13.4. The van der Waals surface area contributed by atoms with E-state index in [2.05, 4.69) is 10.3 Å². The zero-order chi connectivity index (χ0) is 15.5. The lowest BCUT2D eigenvalue weighted by Gasteiger charge is -2.18. The number of alkyl halides is 3. The van der Waals surface area contributed by atoms with Gasteiger partial charge in [-0.2, -0.15) is 13.2 Å². The van der Waals surface area contributed by atoms with E-state index in [1.807, 2.05) is 17.8 Å². The average Bonchev–Trinajstić information content (AvgIpc) is 2.84. The summed E-state index contributed by atoms with van der Waals surface area (Å²) in [6.07, 6.45) is 0.643. The number of halogens is 3. The third kappa shape index (κ3) is 3.85. The van der Waals surface area contributed by atoms with Crippen LogP contribution in [0.4, 0.5) is 13.2 Å². The van der Waals surface area contributed by atoms with Gasteiger partial charge in [0.15, 0.2) is 0 Å². The zero-order valence-electron chi connectivity index (χ0n) is 12.0. The van der Waals surface area contributed by atoms with Crippen LogP contribution in [0.15, 0.2) is 36.7 Å². The van der Waals surface area contributed by atoms with E-state index >= 15 is 0 Å². The van der Waals surface area contributed by atoms with Crippen LogP contribution in [0.2, 0.25) is 0 Å². The number of nitrogens with zero attached hydrogens (tertiary/aromatic N) is 2. The first-order valence-electron chi connectivity index (χ1n) is 6.72. The predicted octanol–water partition coefficient (Wildman–Crippen LogP) is 3.33. The highest BCUT2D eigenvalue weighted by atomic mass is 19.4. The topological polar surface area (TPSA) is 29.9 Å². The van der Waals surface area contributed by atoms with Crippen molar-refractivity contribution in [1.82, 2.24) is 14.9 Å². The van der Waals surface area contributed by atoms with E-state index in [1.165, 1.54) is 12.1 Å². The van der Waals surface area contributed by atoms with Crippen LogP contribution in [0, 0.1) is 0 Å². The largest absolute Gasteiger partial charge is 0.416 e. The molecule has 21 heavy (non-hydrogen) atoms. The van der Waals surface area contributed by atoms with Crippen LogP contribution in [0.3, 0.4) is 0 Å². The summed E-state index contributed by atoms with van der Waals surface area (Å²) in [5, 5.41) is 3.07. The lowest BCUT2D eigenvalue weighted by molar-refractivity contribution is -0.137. The number of hydrogen-bond acceptors (Lipinski definition) is 2. The van der Waals surface area contributed by atoms with Crippen LogP contribution < -0.4 is 5.32 Å². The molecule has 1 aromatic heterocycles. The molecule has 1 heterocycles. The minimum Gasteiger partial charge on any atom is -0.338 e. The number of aryl methyl sites for hydroxylation is 2. The maximum atomic E-state index is 12.8. The highest BCUT2D eigenvalue weighted by molar-refractivity contribution is 5.28. The van der Waals surface area contributed by atoms with Gasteiger partial charge in [0.25, 0.3) is 0 Å². The van der Waals surface area contributed by atoms with Gasteiger partial charge in [-0.05, 0) is 31.2 Å². The van der Waals surface area contributed by atoms with Gasteiger partial charge in [-0.25, -0.2) is 4.98 Å². The molecule has 0 radical (unpaired) electrons. The summed E-state index contributed by atoms with van der Waals surface area (Å²) in [7, 11) is 3.66. The van der Waals surface area contributed by atoms with Crippen LogP contribution in [-0.4, -0.2) is 16.6 Å². The third-order valence-corrected chi connectivity index (χ3v) is 3.54. The fourth-order valence-corrected chi connectivity index (χ4v) is 2.32. The molecule has 0 saturated heterocycles. The van der Waals surface area contributed by atoms with E-state index in [9.17, 15) is 13.2 Å². The molecule has 1 aromatic carbocycles. The maximum absolute atomic E-state index is 12.8. The summed E-state index contributed by atoms with van der Waals surface area (Å²) in [4.78, 5) is 4.23. The van der Waals surface area contributed by atoms with Crippen molar-refractivity contribution < 1.29 is 13.2 Å². The van der Waals surface area contributed by atoms with Crippen molar-refractivity contribution in [2.45, 2.75) is 25.1 Å². The first-order chi connectivity index (χ1) is 9.91. The molecule has 0 aliphatic heterocycles. The Hall–Kier alpha value is -1.82. The number of benzene rings is 1. The SMILES string of the molecule is CNC(CCc1nccn1C)c1cccc(C(F)(F)F)c1. The number of imidazole rings is 1. The van der Waals surface area contributed by atoms with Crippen molar-refractivity contribution in [2.24, 2.45) is 7.05 Å². The van der Waals surface area contributed by atoms with Gasteiger partial charge in [0.1, 0.15) is 5.82 Å². The standard InChI is InChI=1S/C15H18F3N3/c1-19-13(6-7-14-20-8-9-21(14)2)11-4-3-5-12(10-11)15(16,17)18/h3-5,8-10,13,19H,6-7H2,1-2H3. The molecule has 0 saturated carbocycles. The first-order valence-corrected chi connectivity index (χ1v) is 6.72. The summed E-state index contributed by atoms with van der Waals surface area (Å²) < 4.78 is 40.2.